The van der Waals surface area contributed by atoms with E-state index in [0.717, 1.165) is 41.8 Å². The van der Waals surface area contributed by atoms with Crippen LogP contribution in [0.3, 0.4) is 0 Å². The first kappa shape index (κ1) is 17.6. The SMILES string of the molecule is CCCn1c(SCc2nc(CC(C)C)no2)nnc1-c1ccncc1. The standard InChI is InChI=1S/C17H22N6OS/c1-4-9-23-16(13-5-7-18-8-6-13)20-21-17(23)25-11-15-19-14(22-24-15)10-12(2)3/h5-8,12H,4,9-11H2,1-3H3. The zero-order valence-corrected chi connectivity index (χ0v) is 15.5. The van der Waals surface area contributed by atoms with Crippen molar-refractivity contribution in [2.75, 3.05) is 0 Å². The van der Waals surface area contributed by atoms with Gasteiger partial charge in [-0.15, -0.1) is 10.2 Å². The second-order valence-corrected chi connectivity index (χ2v) is 7.13. The summed E-state index contributed by atoms with van der Waals surface area (Å²) in [7, 11) is 0. The van der Waals surface area contributed by atoms with Gasteiger partial charge >= 0.3 is 0 Å². The van der Waals surface area contributed by atoms with Crippen LogP contribution < -0.4 is 0 Å². The molecule has 8 heteroatoms. The van der Waals surface area contributed by atoms with E-state index >= 15 is 0 Å². The van der Waals surface area contributed by atoms with Gasteiger partial charge in [-0.05, 0) is 24.5 Å². The minimum atomic E-state index is 0.508. The lowest BCUT2D eigenvalue weighted by Gasteiger charge is -2.07. The molecule has 7 nitrogen and oxygen atoms in total. The predicted octanol–water partition coefficient (Wildman–Crippen LogP) is 3.62. The first-order valence-electron chi connectivity index (χ1n) is 8.45. The first-order chi connectivity index (χ1) is 12.2. The lowest BCUT2D eigenvalue weighted by molar-refractivity contribution is 0.382. The summed E-state index contributed by atoms with van der Waals surface area (Å²) in [4.78, 5) is 8.50. The Hall–Kier alpha value is -2.22. The molecule has 0 amide bonds. The fraction of sp³-hybridized carbons (Fsp3) is 0.471. The monoisotopic (exact) mass is 358 g/mol. The van der Waals surface area contributed by atoms with E-state index in [1.165, 1.54) is 0 Å². The number of hydrogen-bond acceptors (Lipinski definition) is 7. The molecule has 3 aromatic rings. The molecule has 0 aliphatic rings. The Labute approximate surface area is 151 Å². The summed E-state index contributed by atoms with van der Waals surface area (Å²) < 4.78 is 7.46. The van der Waals surface area contributed by atoms with E-state index in [-0.39, 0.29) is 0 Å². The van der Waals surface area contributed by atoms with Gasteiger partial charge in [0.15, 0.2) is 16.8 Å². The highest BCUT2D eigenvalue weighted by atomic mass is 32.2. The van der Waals surface area contributed by atoms with E-state index in [0.29, 0.717) is 17.6 Å². The van der Waals surface area contributed by atoms with Gasteiger partial charge in [0.05, 0.1) is 5.75 Å². The van der Waals surface area contributed by atoms with Crippen molar-refractivity contribution in [3.8, 4) is 11.4 Å². The van der Waals surface area contributed by atoms with Crippen molar-refractivity contribution in [3.05, 3.63) is 36.2 Å². The van der Waals surface area contributed by atoms with Crippen molar-refractivity contribution in [2.45, 2.75) is 51.1 Å². The quantitative estimate of drug-likeness (QED) is 0.569. The topological polar surface area (TPSA) is 82.5 Å². The van der Waals surface area contributed by atoms with E-state index in [2.05, 4.69) is 50.7 Å². The van der Waals surface area contributed by atoms with Crippen LogP contribution in [0.5, 0.6) is 0 Å². The summed E-state index contributed by atoms with van der Waals surface area (Å²) in [5.41, 5.74) is 1.01. The van der Waals surface area contributed by atoms with Crippen LogP contribution in [0, 0.1) is 5.92 Å². The van der Waals surface area contributed by atoms with E-state index < -0.39 is 0 Å². The van der Waals surface area contributed by atoms with E-state index in [4.69, 9.17) is 4.52 Å². The smallest absolute Gasteiger partial charge is 0.237 e. The number of aromatic nitrogens is 6. The minimum Gasteiger partial charge on any atom is -0.338 e. The molecule has 0 saturated carbocycles. The van der Waals surface area contributed by atoms with E-state index in [1.54, 1.807) is 24.2 Å². The minimum absolute atomic E-state index is 0.508. The highest BCUT2D eigenvalue weighted by Crippen LogP contribution is 2.26. The molecule has 0 saturated heterocycles. The zero-order valence-electron chi connectivity index (χ0n) is 14.7. The van der Waals surface area contributed by atoms with Crippen LogP contribution in [0.25, 0.3) is 11.4 Å². The molecule has 0 radical (unpaired) electrons. The van der Waals surface area contributed by atoms with Gasteiger partial charge in [0, 0.05) is 30.9 Å². The fourth-order valence-corrected chi connectivity index (χ4v) is 3.26. The summed E-state index contributed by atoms with van der Waals surface area (Å²) >= 11 is 1.57. The van der Waals surface area contributed by atoms with Crippen molar-refractivity contribution >= 4 is 11.8 Å². The Morgan fingerprint density at radius 1 is 1.20 bits per heavy atom. The van der Waals surface area contributed by atoms with E-state index in [1.807, 2.05) is 12.1 Å². The molecule has 0 atom stereocenters. The highest BCUT2D eigenvalue weighted by molar-refractivity contribution is 7.98. The molecular weight excluding hydrogens is 336 g/mol. The van der Waals surface area contributed by atoms with Gasteiger partial charge in [0.2, 0.25) is 5.89 Å². The number of hydrogen-bond donors (Lipinski definition) is 0. The normalized spacial score (nSPS) is 11.4. The van der Waals surface area contributed by atoms with Gasteiger partial charge in [-0.25, -0.2) is 0 Å². The molecule has 3 heterocycles. The second kappa shape index (κ2) is 8.24. The van der Waals surface area contributed by atoms with Crippen LogP contribution >= 0.6 is 11.8 Å². The maximum atomic E-state index is 5.33. The van der Waals surface area contributed by atoms with Crippen molar-refractivity contribution in [3.63, 3.8) is 0 Å². The number of rotatable bonds is 8. The van der Waals surface area contributed by atoms with Gasteiger partial charge < -0.3 is 9.09 Å². The molecule has 3 rings (SSSR count). The molecule has 0 bridgehead atoms. The van der Waals surface area contributed by atoms with Gasteiger partial charge in [-0.2, -0.15) is 4.98 Å². The van der Waals surface area contributed by atoms with Crippen LogP contribution in [0.4, 0.5) is 0 Å². The van der Waals surface area contributed by atoms with Crippen LogP contribution in [0.15, 0.2) is 34.2 Å². The molecule has 0 N–H and O–H groups in total. The Morgan fingerprint density at radius 3 is 2.72 bits per heavy atom. The van der Waals surface area contributed by atoms with Crippen molar-refractivity contribution < 1.29 is 4.52 Å². The second-order valence-electron chi connectivity index (χ2n) is 6.18. The average molecular weight is 358 g/mol. The van der Waals surface area contributed by atoms with Crippen LogP contribution in [0.1, 0.15) is 38.9 Å². The Morgan fingerprint density at radius 2 is 2.00 bits per heavy atom. The van der Waals surface area contributed by atoms with Crippen molar-refractivity contribution in [1.29, 1.82) is 0 Å². The maximum Gasteiger partial charge on any atom is 0.237 e. The van der Waals surface area contributed by atoms with Gasteiger partial charge in [0.1, 0.15) is 0 Å². The Bertz CT molecular complexity index is 799. The molecule has 0 aliphatic heterocycles. The molecule has 3 aromatic heterocycles. The summed E-state index contributed by atoms with van der Waals surface area (Å²) in [5.74, 6) is 3.34. The van der Waals surface area contributed by atoms with Gasteiger partial charge in [-0.3, -0.25) is 4.98 Å². The van der Waals surface area contributed by atoms with Crippen molar-refractivity contribution in [1.82, 2.24) is 29.9 Å². The Balaban J connectivity index is 1.74. The molecule has 25 heavy (non-hydrogen) atoms. The van der Waals surface area contributed by atoms with Crippen LogP contribution in [-0.2, 0) is 18.7 Å². The lowest BCUT2D eigenvalue weighted by Crippen LogP contribution is -2.02. The number of thioether (sulfide) groups is 1. The zero-order chi connectivity index (χ0) is 17.6. The molecule has 0 fully saturated rings. The molecule has 0 aliphatic carbocycles. The Kier molecular flexibility index (Phi) is 5.80. The largest absolute Gasteiger partial charge is 0.338 e. The van der Waals surface area contributed by atoms with Gasteiger partial charge in [-0.1, -0.05) is 37.7 Å². The summed E-state index contributed by atoms with van der Waals surface area (Å²) in [6.07, 6.45) is 5.36. The predicted molar refractivity (Wildman–Crippen MR) is 95.9 cm³/mol. The number of pyridine rings is 1. The van der Waals surface area contributed by atoms with Crippen molar-refractivity contribution in [2.24, 2.45) is 5.92 Å². The first-order valence-corrected chi connectivity index (χ1v) is 9.43. The van der Waals surface area contributed by atoms with Crippen LogP contribution in [-0.4, -0.2) is 29.9 Å². The van der Waals surface area contributed by atoms with Crippen LogP contribution in [0.2, 0.25) is 0 Å². The average Bonchev–Trinajstić information content (AvgIpc) is 3.20. The maximum absolute atomic E-state index is 5.33. The van der Waals surface area contributed by atoms with Gasteiger partial charge in [0.25, 0.3) is 0 Å². The summed E-state index contributed by atoms with van der Waals surface area (Å²) in [6, 6.07) is 3.89. The summed E-state index contributed by atoms with van der Waals surface area (Å²) in [5, 5.41) is 13.6. The fourth-order valence-electron chi connectivity index (χ4n) is 2.46. The summed E-state index contributed by atoms with van der Waals surface area (Å²) in [6.45, 7) is 7.27. The molecule has 0 unspecified atom stereocenters. The lowest BCUT2D eigenvalue weighted by atomic mass is 10.1. The highest BCUT2D eigenvalue weighted by Gasteiger charge is 2.15. The number of nitrogens with zero attached hydrogens (tertiary/aromatic N) is 6. The molecular formula is C17H22N6OS. The molecule has 132 valence electrons. The third-order valence-electron chi connectivity index (χ3n) is 3.53. The third kappa shape index (κ3) is 4.45. The van der Waals surface area contributed by atoms with E-state index in [9.17, 15) is 0 Å². The molecule has 0 spiro atoms. The molecule has 0 aromatic carbocycles. The third-order valence-corrected chi connectivity index (χ3v) is 4.48.